The van der Waals surface area contributed by atoms with Crippen molar-refractivity contribution in [2.24, 2.45) is 0 Å². The Labute approximate surface area is 220 Å². The van der Waals surface area contributed by atoms with Gasteiger partial charge in [0.25, 0.3) is 0 Å². The summed E-state index contributed by atoms with van der Waals surface area (Å²) in [5, 5.41) is 11.3. The molecule has 0 spiro atoms. The van der Waals surface area contributed by atoms with E-state index in [0.717, 1.165) is 77.7 Å². The van der Waals surface area contributed by atoms with Crippen molar-refractivity contribution in [2.75, 3.05) is 52.4 Å². The van der Waals surface area contributed by atoms with Crippen LogP contribution in [0.3, 0.4) is 0 Å². The summed E-state index contributed by atoms with van der Waals surface area (Å²) in [5.74, 6) is 0.763. The fraction of sp³-hybridized carbons (Fsp3) is 0.560. The molecule has 4 rings (SSSR count). The predicted octanol–water partition coefficient (Wildman–Crippen LogP) is 4.02. The Morgan fingerprint density at radius 3 is 1.63 bits per heavy atom. The molecule has 2 fully saturated rings. The highest BCUT2D eigenvalue weighted by Crippen LogP contribution is 2.36. The monoisotopic (exact) mass is 534 g/mol. The molecule has 1 N–H and O–H groups in total. The van der Waals surface area contributed by atoms with Crippen molar-refractivity contribution >= 4 is 44.7 Å². The topological polar surface area (TPSA) is 67.3 Å². The fourth-order valence-corrected chi connectivity index (χ4v) is 7.14. The highest BCUT2D eigenvalue weighted by molar-refractivity contribution is 7.80. The first-order valence-corrected chi connectivity index (χ1v) is 14.9. The molecule has 7 nitrogen and oxygen atoms in total. The largest absolute Gasteiger partial charge is 0.507 e. The smallest absolute Gasteiger partial charge is 0.222 e. The van der Waals surface area contributed by atoms with Crippen LogP contribution in [0.15, 0.2) is 18.2 Å². The molecule has 2 saturated heterocycles. The van der Waals surface area contributed by atoms with Crippen LogP contribution < -0.4 is 0 Å². The maximum Gasteiger partial charge on any atom is 0.222 e. The molecule has 10 heteroatoms. The lowest BCUT2D eigenvalue weighted by molar-refractivity contribution is -0.133. The standard InChI is InChI=1S/C25H34N4O3S3/c1-3-22(30)28-9-5-26(6-10-28)16-19-13-18(21-15-24(33)35-34-21)14-20(25(19)32)17-27-7-11-29(12-8-27)23(31)4-2/h13-15,32H,3-12,16-17H2,1-2H3. The highest BCUT2D eigenvalue weighted by atomic mass is 32.9. The number of hydrogen-bond donors (Lipinski definition) is 1. The molecular formula is C25H34N4O3S3. The lowest BCUT2D eigenvalue weighted by atomic mass is 10.0. The third-order valence-electron chi connectivity index (χ3n) is 6.86. The van der Waals surface area contributed by atoms with Crippen LogP contribution in [0.4, 0.5) is 0 Å². The molecule has 0 saturated carbocycles. The van der Waals surface area contributed by atoms with Crippen molar-refractivity contribution in [1.29, 1.82) is 0 Å². The van der Waals surface area contributed by atoms with Gasteiger partial charge in [-0.05, 0) is 23.8 Å². The van der Waals surface area contributed by atoms with E-state index in [9.17, 15) is 14.7 Å². The second kappa shape index (κ2) is 11.9. The van der Waals surface area contributed by atoms with E-state index in [2.05, 4.69) is 21.9 Å². The minimum absolute atomic E-state index is 0.205. The molecule has 0 aliphatic carbocycles. The quantitative estimate of drug-likeness (QED) is 0.428. The van der Waals surface area contributed by atoms with Crippen molar-refractivity contribution in [3.8, 4) is 16.2 Å². The van der Waals surface area contributed by atoms with Crippen LogP contribution in [0.1, 0.15) is 37.8 Å². The number of hydrogen-bond acceptors (Lipinski definition) is 8. The van der Waals surface area contributed by atoms with Gasteiger partial charge >= 0.3 is 0 Å². The Hall–Kier alpha value is -1.85. The van der Waals surface area contributed by atoms with Crippen LogP contribution in [-0.4, -0.2) is 88.9 Å². The third-order valence-corrected chi connectivity index (χ3v) is 9.77. The second-order valence-corrected chi connectivity index (χ2v) is 12.1. The van der Waals surface area contributed by atoms with Crippen LogP contribution in [-0.2, 0) is 22.7 Å². The van der Waals surface area contributed by atoms with E-state index in [1.165, 1.54) is 0 Å². The molecular weight excluding hydrogens is 501 g/mol. The first-order chi connectivity index (χ1) is 16.9. The lowest BCUT2D eigenvalue weighted by Crippen LogP contribution is -2.48. The summed E-state index contributed by atoms with van der Waals surface area (Å²) in [5.41, 5.74) is 2.92. The maximum atomic E-state index is 12.0. The van der Waals surface area contributed by atoms with E-state index in [4.69, 9.17) is 12.2 Å². The van der Waals surface area contributed by atoms with Gasteiger partial charge in [-0.1, -0.05) is 46.7 Å². The number of piperazine rings is 2. The van der Waals surface area contributed by atoms with E-state index in [1.54, 1.807) is 20.7 Å². The Kier molecular flexibility index (Phi) is 8.93. The number of amides is 2. The molecule has 3 heterocycles. The maximum absolute atomic E-state index is 12.0. The van der Waals surface area contributed by atoms with Crippen molar-refractivity contribution in [2.45, 2.75) is 39.8 Å². The zero-order valence-corrected chi connectivity index (χ0v) is 22.9. The van der Waals surface area contributed by atoms with E-state index in [-0.39, 0.29) is 11.8 Å². The number of phenolic OH excluding ortho intramolecular Hbond substituents is 1. The molecule has 35 heavy (non-hydrogen) atoms. The molecule has 190 valence electrons. The molecule has 2 aromatic rings. The molecule has 2 aliphatic heterocycles. The first-order valence-electron chi connectivity index (χ1n) is 12.3. The van der Waals surface area contributed by atoms with Crippen molar-refractivity contribution < 1.29 is 14.7 Å². The Balaban J connectivity index is 1.52. The van der Waals surface area contributed by atoms with Gasteiger partial charge in [-0.3, -0.25) is 19.4 Å². The van der Waals surface area contributed by atoms with E-state index in [0.29, 0.717) is 31.7 Å². The summed E-state index contributed by atoms with van der Waals surface area (Å²) >= 11 is 5.37. The number of rotatable bonds is 7. The average Bonchev–Trinajstić information content (AvgIpc) is 3.32. The zero-order valence-electron chi connectivity index (χ0n) is 20.5. The Morgan fingerprint density at radius 2 is 1.26 bits per heavy atom. The number of phenols is 1. The van der Waals surface area contributed by atoms with Gasteiger partial charge in [-0.25, -0.2) is 0 Å². The van der Waals surface area contributed by atoms with Crippen LogP contribution in [0.5, 0.6) is 5.75 Å². The van der Waals surface area contributed by atoms with Crippen LogP contribution in [0.2, 0.25) is 0 Å². The Morgan fingerprint density at radius 1 is 0.800 bits per heavy atom. The Bertz CT molecular complexity index is 1040. The summed E-state index contributed by atoms with van der Waals surface area (Å²) in [6.45, 7) is 11.2. The molecule has 2 amide bonds. The minimum Gasteiger partial charge on any atom is -0.507 e. The summed E-state index contributed by atoms with van der Waals surface area (Å²) in [6, 6.07) is 6.22. The number of aromatic hydroxyl groups is 1. The van der Waals surface area contributed by atoms with Gasteiger partial charge in [0.2, 0.25) is 11.8 Å². The minimum atomic E-state index is 0.205. The number of nitrogens with zero attached hydrogens (tertiary/aromatic N) is 4. The van der Waals surface area contributed by atoms with Crippen LogP contribution >= 0.6 is 32.9 Å². The van der Waals surface area contributed by atoms with Crippen LogP contribution in [0, 0.1) is 3.82 Å². The van der Waals surface area contributed by atoms with Gasteiger partial charge in [0.05, 0.1) is 0 Å². The van der Waals surface area contributed by atoms with Gasteiger partial charge < -0.3 is 14.9 Å². The van der Waals surface area contributed by atoms with E-state index >= 15 is 0 Å². The van der Waals surface area contributed by atoms with Crippen LogP contribution in [0.25, 0.3) is 10.4 Å². The molecule has 0 unspecified atom stereocenters. The normalized spacial score (nSPS) is 17.7. The number of carbonyl (C=O) groups is 2. The average molecular weight is 535 g/mol. The van der Waals surface area contributed by atoms with Crippen molar-refractivity contribution in [3.05, 3.63) is 33.1 Å². The van der Waals surface area contributed by atoms with E-state index < -0.39 is 0 Å². The summed E-state index contributed by atoms with van der Waals surface area (Å²) in [7, 11) is 3.27. The predicted molar refractivity (Wildman–Crippen MR) is 144 cm³/mol. The number of carbonyl (C=O) groups excluding carboxylic acids is 2. The highest BCUT2D eigenvalue weighted by Gasteiger charge is 2.24. The first kappa shape index (κ1) is 26.2. The molecule has 0 atom stereocenters. The summed E-state index contributed by atoms with van der Waals surface area (Å²) < 4.78 is 0.870. The molecule has 1 aromatic carbocycles. The van der Waals surface area contributed by atoms with E-state index in [1.807, 2.05) is 29.7 Å². The number of benzene rings is 1. The molecule has 0 radical (unpaired) electrons. The van der Waals surface area contributed by atoms with Crippen molar-refractivity contribution in [3.63, 3.8) is 0 Å². The molecule has 0 bridgehead atoms. The second-order valence-electron chi connectivity index (χ2n) is 9.16. The van der Waals surface area contributed by atoms with Crippen molar-refractivity contribution in [1.82, 2.24) is 19.6 Å². The lowest BCUT2D eigenvalue weighted by Gasteiger charge is -2.35. The molecule has 2 aliphatic rings. The third kappa shape index (κ3) is 6.48. The zero-order chi connectivity index (χ0) is 24.9. The van der Waals surface area contributed by atoms with Gasteiger partial charge in [0.15, 0.2) is 0 Å². The summed E-state index contributed by atoms with van der Waals surface area (Å²) in [6.07, 6.45) is 1.08. The molecule has 1 aromatic heterocycles. The SMILES string of the molecule is CCC(=O)N1CCN(Cc2cc(-c3cc(=S)ss3)cc(CN3CCN(C(=O)CC)CC3)c2O)CC1. The van der Waals surface area contributed by atoms with Gasteiger partial charge in [-0.15, -0.1) is 0 Å². The summed E-state index contributed by atoms with van der Waals surface area (Å²) in [4.78, 5) is 33.7. The van der Waals surface area contributed by atoms with Gasteiger partial charge in [0, 0.05) is 94.3 Å². The van der Waals surface area contributed by atoms with Gasteiger partial charge in [-0.2, -0.15) is 0 Å². The fourth-order valence-electron chi connectivity index (χ4n) is 4.76. The van der Waals surface area contributed by atoms with Gasteiger partial charge in [0.1, 0.15) is 9.57 Å².